The summed E-state index contributed by atoms with van der Waals surface area (Å²) in [6.07, 6.45) is 2.36. The van der Waals surface area contributed by atoms with Crippen molar-refractivity contribution in [3.05, 3.63) is 0 Å². The Morgan fingerprint density at radius 3 is 2.73 bits per heavy atom. The number of halogens is 1. The van der Waals surface area contributed by atoms with Crippen molar-refractivity contribution in [2.75, 3.05) is 5.33 Å². The molecule has 0 radical (unpaired) electrons. The van der Waals surface area contributed by atoms with Gasteiger partial charge in [0, 0.05) is 11.4 Å². The Balaban J connectivity index is 2.26. The van der Waals surface area contributed by atoms with Gasteiger partial charge in [0.05, 0.1) is 0 Å². The van der Waals surface area contributed by atoms with Gasteiger partial charge >= 0.3 is 6.09 Å². The summed E-state index contributed by atoms with van der Waals surface area (Å²) in [7, 11) is 0. The lowest BCUT2D eigenvalue weighted by Gasteiger charge is -2.13. The summed E-state index contributed by atoms with van der Waals surface area (Å²) >= 11 is 3.30. The highest BCUT2D eigenvalue weighted by Crippen LogP contribution is 2.34. The van der Waals surface area contributed by atoms with Crippen LogP contribution in [0.25, 0.3) is 0 Å². The van der Waals surface area contributed by atoms with E-state index in [1.807, 2.05) is 0 Å². The van der Waals surface area contributed by atoms with Crippen LogP contribution in [0.4, 0.5) is 4.79 Å². The molecule has 0 aromatic heterocycles. The third-order valence-electron chi connectivity index (χ3n) is 1.92. The molecule has 11 heavy (non-hydrogen) atoms. The molecule has 3 nitrogen and oxygen atoms in total. The van der Waals surface area contributed by atoms with E-state index in [0.29, 0.717) is 5.92 Å². The lowest BCUT2D eigenvalue weighted by molar-refractivity contribution is 0.188. The Kier molecular flexibility index (Phi) is 3.17. The maximum absolute atomic E-state index is 10.3. The SMILES string of the molecule is O=C(O)NC(CCBr)C1CC1. The van der Waals surface area contributed by atoms with Gasteiger partial charge in [-0.1, -0.05) is 15.9 Å². The van der Waals surface area contributed by atoms with Crippen molar-refractivity contribution < 1.29 is 9.90 Å². The topological polar surface area (TPSA) is 49.3 Å². The second-order valence-electron chi connectivity index (χ2n) is 2.87. The molecule has 0 saturated heterocycles. The third-order valence-corrected chi connectivity index (χ3v) is 2.38. The van der Waals surface area contributed by atoms with Crippen LogP contribution in [0.5, 0.6) is 0 Å². The van der Waals surface area contributed by atoms with Crippen molar-refractivity contribution in [2.24, 2.45) is 5.92 Å². The smallest absolute Gasteiger partial charge is 0.404 e. The van der Waals surface area contributed by atoms with Crippen LogP contribution >= 0.6 is 15.9 Å². The van der Waals surface area contributed by atoms with E-state index in [0.717, 1.165) is 11.8 Å². The molecule has 0 bridgehead atoms. The van der Waals surface area contributed by atoms with Crippen molar-refractivity contribution in [2.45, 2.75) is 25.3 Å². The van der Waals surface area contributed by atoms with Gasteiger partial charge < -0.3 is 10.4 Å². The molecule has 4 heteroatoms. The zero-order valence-electron chi connectivity index (χ0n) is 6.22. The van der Waals surface area contributed by atoms with E-state index < -0.39 is 6.09 Å². The first kappa shape index (κ1) is 8.84. The molecule has 0 aliphatic heterocycles. The monoisotopic (exact) mass is 221 g/mol. The highest BCUT2D eigenvalue weighted by atomic mass is 79.9. The first-order valence-corrected chi connectivity index (χ1v) is 4.91. The van der Waals surface area contributed by atoms with Crippen molar-refractivity contribution in [1.82, 2.24) is 5.32 Å². The number of amides is 1. The van der Waals surface area contributed by atoms with Crippen molar-refractivity contribution in [3.63, 3.8) is 0 Å². The summed E-state index contributed by atoms with van der Waals surface area (Å²) in [6, 6.07) is 0.173. The van der Waals surface area contributed by atoms with E-state index in [1.54, 1.807) is 0 Å². The fourth-order valence-corrected chi connectivity index (χ4v) is 1.69. The quantitative estimate of drug-likeness (QED) is 0.712. The highest BCUT2D eigenvalue weighted by molar-refractivity contribution is 9.09. The van der Waals surface area contributed by atoms with Gasteiger partial charge in [-0.25, -0.2) is 4.79 Å². The number of carbonyl (C=O) groups is 1. The minimum Gasteiger partial charge on any atom is -0.465 e. The summed E-state index contributed by atoms with van der Waals surface area (Å²) in [6.45, 7) is 0. The van der Waals surface area contributed by atoms with Crippen LogP contribution in [-0.4, -0.2) is 22.6 Å². The molecule has 1 aliphatic carbocycles. The largest absolute Gasteiger partial charge is 0.465 e. The second kappa shape index (κ2) is 3.95. The Hall–Kier alpha value is -0.250. The van der Waals surface area contributed by atoms with Crippen molar-refractivity contribution in [1.29, 1.82) is 0 Å². The third kappa shape index (κ3) is 3.10. The zero-order chi connectivity index (χ0) is 8.27. The standard InChI is InChI=1S/C7H12BrNO2/c8-4-3-6(5-1-2-5)9-7(10)11/h5-6,9H,1-4H2,(H,10,11). The van der Waals surface area contributed by atoms with Gasteiger partial charge in [0.1, 0.15) is 0 Å². The molecule has 1 saturated carbocycles. The second-order valence-corrected chi connectivity index (χ2v) is 3.66. The molecule has 0 heterocycles. The van der Waals surface area contributed by atoms with Crippen LogP contribution < -0.4 is 5.32 Å². The van der Waals surface area contributed by atoms with Gasteiger partial charge in [0.15, 0.2) is 0 Å². The van der Waals surface area contributed by atoms with E-state index in [9.17, 15) is 4.79 Å². The summed E-state index contributed by atoms with van der Waals surface area (Å²) < 4.78 is 0. The van der Waals surface area contributed by atoms with Gasteiger partial charge in [0.25, 0.3) is 0 Å². The Morgan fingerprint density at radius 2 is 2.36 bits per heavy atom. The van der Waals surface area contributed by atoms with Gasteiger partial charge in [0.2, 0.25) is 0 Å². The maximum Gasteiger partial charge on any atom is 0.404 e. The predicted octanol–water partition coefficient (Wildman–Crippen LogP) is 1.82. The molecule has 1 aliphatic rings. The van der Waals surface area contributed by atoms with Gasteiger partial charge in [-0.3, -0.25) is 0 Å². The Labute approximate surface area is 74.3 Å². The fraction of sp³-hybridized carbons (Fsp3) is 0.857. The molecule has 0 aromatic carbocycles. The zero-order valence-corrected chi connectivity index (χ0v) is 7.80. The number of hydrogen-bond acceptors (Lipinski definition) is 1. The first-order valence-electron chi connectivity index (χ1n) is 3.79. The molecule has 1 unspecified atom stereocenters. The molecule has 1 fully saturated rings. The molecule has 1 rings (SSSR count). The fourth-order valence-electron chi connectivity index (χ4n) is 1.20. The highest BCUT2D eigenvalue weighted by Gasteiger charge is 2.31. The average molecular weight is 222 g/mol. The molecule has 0 spiro atoms. The minimum absolute atomic E-state index is 0.173. The number of nitrogens with one attached hydrogen (secondary N) is 1. The summed E-state index contributed by atoms with van der Waals surface area (Å²) in [5.41, 5.74) is 0. The van der Waals surface area contributed by atoms with Gasteiger partial charge in [-0.05, 0) is 25.2 Å². The summed E-state index contributed by atoms with van der Waals surface area (Å²) in [5, 5.41) is 11.9. The number of hydrogen-bond donors (Lipinski definition) is 2. The van der Waals surface area contributed by atoms with Crippen LogP contribution in [0.15, 0.2) is 0 Å². The minimum atomic E-state index is -0.900. The lowest BCUT2D eigenvalue weighted by atomic mass is 10.1. The number of carboxylic acid groups (broad SMARTS) is 1. The maximum atomic E-state index is 10.3. The van der Waals surface area contributed by atoms with Crippen LogP contribution in [0.3, 0.4) is 0 Å². The molecule has 0 aromatic rings. The van der Waals surface area contributed by atoms with Crippen LogP contribution in [0, 0.1) is 5.92 Å². The van der Waals surface area contributed by atoms with Crippen molar-refractivity contribution in [3.8, 4) is 0 Å². The molecular weight excluding hydrogens is 210 g/mol. The van der Waals surface area contributed by atoms with E-state index in [2.05, 4.69) is 21.2 Å². The molecular formula is C7H12BrNO2. The van der Waals surface area contributed by atoms with Crippen LogP contribution in [0.2, 0.25) is 0 Å². The lowest BCUT2D eigenvalue weighted by Crippen LogP contribution is -2.35. The predicted molar refractivity (Wildman–Crippen MR) is 46.1 cm³/mol. The van der Waals surface area contributed by atoms with E-state index in [-0.39, 0.29) is 6.04 Å². The molecule has 64 valence electrons. The van der Waals surface area contributed by atoms with Gasteiger partial charge in [-0.2, -0.15) is 0 Å². The van der Waals surface area contributed by atoms with Gasteiger partial charge in [-0.15, -0.1) is 0 Å². The van der Waals surface area contributed by atoms with E-state index in [1.165, 1.54) is 12.8 Å². The molecule has 2 N–H and O–H groups in total. The Morgan fingerprint density at radius 1 is 1.73 bits per heavy atom. The Bertz CT molecular complexity index is 147. The number of rotatable bonds is 4. The molecule has 1 amide bonds. The first-order chi connectivity index (χ1) is 5.24. The number of alkyl halides is 1. The average Bonchev–Trinajstić information content (AvgIpc) is 2.66. The normalized spacial score (nSPS) is 19.4. The summed E-state index contributed by atoms with van der Waals surface area (Å²) in [5.74, 6) is 0.601. The summed E-state index contributed by atoms with van der Waals surface area (Å²) in [4.78, 5) is 10.3. The van der Waals surface area contributed by atoms with Crippen LogP contribution in [0.1, 0.15) is 19.3 Å². The van der Waals surface area contributed by atoms with E-state index in [4.69, 9.17) is 5.11 Å². The molecule has 1 atom stereocenters. The van der Waals surface area contributed by atoms with Crippen LogP contribution in [-0.2, 0) is 0 Å². The van der Waals surface area contributed by atoms with E-state index >= 15 is 0 Å². The van der Waals surface area contributed by atoms with Crippen molar-refractivity contribution >= 4 is 22.0 Å².